The fourth-order valence-electron chi connectivity index (χ4n) is 1.71. The van der Waals surface area contributed by atoms with E-state index in [9.17, 15) is 8.78 Å². The lowest BCUT2D eigenvalue weighted by Gasteiger charge is -2.27. The van der Waals surface area contributed by atoms with Crippen LogP contribution in [0.25, 0.3) is 0 Å². The molecule has 1 fully saturated rings. The minimum Gasteiger partial charge on any atom is -0.379 e. The third kappa shape index (κ3) is 3.73. The molecule has 0 aromatic heterocycles. The largest absolute Gasteiger partial charge is 0.379 e. The molecule has 17 heavy (non-hydrogen) atoms. The molecule has 1 aromatic carbocycles. The van der Waals surface area contributed by atoms with Gasteiger partial charge in [-0.05, 0) is 5.56 Å². The summed E-state index contributed by atoms with van der Waals surface area (Å²) in [4.78, 5) is 0. The topological polar surface area (TPSA) is 24.5 Å². The van der Waals surface area contributed by atoms with Gasteiger partial charge in [0.2, 0.25) is 0 Å². The second-order valence-corrected chi connectivity index (χ2v) is 3.98. The van der Waals surface area contributed by atoms with Gasteiger partial charge < -0.3 is 4.74 Å². The molecule has 0 atom stereocenters. The van der Waals surface area contributed by atoms with E-state index in [1.807, 2.05) is 0 Å². The van der Waals surface area contributed by atoms with Crippen LogP contribution >= 0.6 is 0 Å². The Morgan fingerprint density at radius 2 is 1.82 bits per heavy atom. The number of alkyl halides is 2. The molecule has 1 aliphatic rings. The average molecular weight is 242 g/mol. The van der Waals surface area contributed by atoms with Crippen molar-refractivity contribution in [1.29, 1.82) is 0 Å². The summed E-state index contributed by atoms with van der Waals surface area (Å²) in [5.41, 5.74) is 4.32. The molecule has 1 aliphatic heterocycles. The van der Waals surface area contributed by atoms with Crippen molar-refractivity contribution in [2.24, 2.45) is 0 Å². The highest BCUT2D eigenvalue weighted by atomic mass is 19.3. The second kappa shape index (κ2) is 6.05. The number of morpholine rings is 1. The molecule has 1 aromatic rings. The number of nitrogens with zero attached hydrogens (tertiary/aromatic N) is 1. The minimum atomic E-state index is -2.39. The van der Waals surface area contributed by atoms with Crippen LogP contribution in [-0.4, -0.2) is 31.3 Å². The zero-order chi connectivity index (χ0) is 12.1. The first-order valence-corrected chi connectivity index (χ1v) is 5.69. The first-order chi connectivity index (χ1) is 8.25. The normalized spacial score (nSPS) is 17.6. The monoisotopic (exact) mass is 242 g/mol. The van der Waals surface area contributed by atoms with Crippen LogP contribution in [0.15, 0.2) is 24.3 Å². The summed E-state index contributed by atoms with van der Waals surface area (Å²) in [5, 5.41) is 2.09. The molecule has 3 nitrogen and oxygen atoms in total. The van der Waals surface area contributed by atoms with Crippen molar-refractivity contribution in [3.05, 3.63) is 35.4 Å². The molecule has 0 amide bonds. The maximum Gasteiger partial charge on any atom is 0.263 e. The maximum absolute atomic E-state index is 12.3. The van der Waals surface area contributed by atoms with Crippen molar-refractivity contribution < 1.29 is 13.5 Å². The first-order valence-electron chi connectivity index (χ1n) is 5.69. The van der Waals surface area contributed by atoms with Crippen LogP contribution in [0.3, 0.4) is 0 Å². The Balaban J connectivity index is 1.82. The van der Waals surface area contributed by atoms with E-state index in [1.54, 1.807) is 12.1 Å². The predicted octanol–water partition coefficient (Wildman–Crippen LogP) is 1.96. The standard InChI is InChI=1S/C12H16F2N2O/c13-12(14)11-3-1-10(2-4-11)9-15-16-5-7-17-8-6-16/h1-4,12,15H,5-9H2. The van der Waals surface area contributed by atoms with E-state index in [0.29, 0.717) is 6.54 Å². The SMILES string of the molecule is FC(F)c1ccc(CNN2CCOCC2)cc1. The summed E-state index contributed by atoms with van der Waals surface area (Å²) in [6, 6.07) is 6.41. The molecular weight excluding hydrogens is 226 g/mol. The van der Waals surface area contributed by atoms with Gasteiger partial charge in [-0.3, -0.25) is 5.43 Å². The molecule has 0 spiro atoms. The first kappa shape index (κ1) is 12.4. The van der Waals surface area contributed by atoms with Crippen molar-refractivity contribution in [1.82, 2.24) is 10.4 Å². The van der Waals surface area contributed by atoms with E-state index in [-0.39, 0.29) is 5.56 Å². The van der Waals surface area contributed by atoms with Crippen molar-refractivity contribution >= 4 is 0 Å². The molecule has 5 heteroatoms. The van der Waals surface area contributed by atoms with Crippen molar-refractivity contribution in [3.63, 3.8) is 0 Å². The summed E-state index contributed by atoms with van der Waals surface area (Å²) < 4.78 is 29.9. The van der Waals surface area contributed by atoms with Crippen molar-refractivity contribution in [3.8, 4) is 0 Å². The number of nitrogens with one attached hydrogen (secondary N) is 1. The maximum atomic E-state index is 12.3. The highest BCUT2D eigenvalue weighted by Gasteiger charge is 2.10. The molecule has 94 valence electrons. The van der Waals surface area contributed by atoms with Gasteiger partial charge in [-0.15, -0.1) is 0 Å². The van der Waals surface area contributed by atoms with Gasteiger partial charge in [-0.25, -0.2) is 13.8 Å². The second-order valence-electron chi connectivity index (χ2n) is 3.98. The van der Waals surface area contributed by atoms with Crippen LogP contribution in [0.4, 0.5) is 8.78 Å². The molecule has 1 N–H and O–H groups in total. The van der Waals surface area contributed by atoms with Crippen LogP contribution in [0.1, 0.15) is 17.6 Å². The smallest absolute Gasteiger partial charge is 0.263 e. The van der Waals surface area contributed by atoms with E-state index in [0.717, 1.165) is 31.9 Å². The van der Waals surface area contributed by atoms with Crippen LogP contribution < -0.4 is 5.43 Å². The van der Waals surface area contributed by atoms with Crippen molar-refractivity contribution in [2.45, 2.75) is 13.0 Å². The Kier molecular flexibility index (Phi) is 4.42. The van der Waals surface area contributed by atoms with E-state index in [1.165, 1.54) is 12.1 Å². The van der Waals surface area contributed by atoms with Crippen molar-refractivity contribution in [2.75, 3.05) is 26.3 Å². The molecule has 0 saturated carbocycles. The molecule has 0 unspecified atom stereocenters. The molecule has 1 saturated heterocycles. The van der Waals surface area contributed by atoms with E-state index >= 15 is 0 Å². The Labute approximate surface area is 99.3 Å². The summed E-state index contributed by atoms with van der Waals surface area (Å²) in [7, 11) is 0. The van der Waals surface area contributed by atoms with Crippen LogP contribution in [0, 0.1) is 0 Å². The molecule has 2 rings (SSSR count). The van der Waals surface area contributed by atoms with Gasteiger partial charge >= 0.3 is 0 Å². The van der Waals surface area contributed by atoms with Gasteiger partial charge in [-0.2, -0.15) is 0 Å². The zero-order valence-corrected chi connectivity index (χ0v) is 9.53. The minimum absolute atomic E-state index is 0.0696. The Bertz CT molecular complexity index is 337. The van der Waals surface area contributed by atoms with Crippen LogP contribution in [0.2, 0.25) is 0 Å². The number of hydrogen-bond donors (Lipinski definition) is 1. The van der Waals surface area contributed by atoms with Gasteiger partial charge in [0.25, 0.3) is 6.43 Å². The van der Waals surface area contributed by atoms with Crippen LogP contribution in [0.5, 0.6) is 0 Å². The number of rotatable bonds is 4. The van der Waals surface area contributed by atoms with Crippen LogP contribution in [-0.2, 0) is 11.3 Å². The molecule has 0 bridgehead atoms. The van der Waals surface area contributed by atoms with Gasteiger partial charge in [0.05, 0.1) is 13.2 Å². The Morgan fingerprint density at radius 3 is 2.41 bits per heavy atom. The summed E-state index contributed by atoms with van der Waals surface area (Å²) in [5.74, 6) is 0. The fraction of sp³-hybridized carbons (Fsp3) is 0.500. The molecular formula is C12H16F2N2O. The Hall–Kier alpha value is -1.04. The third-order valence-electron chi connectivity index (χ3n) is 2.75. The number of benzene rings is 1. The number of ether oxygens (including phenoxy) is 1. The highest BCUT2D eigenvalue weighted by Crippen LogP contribution is 2.18. The highest BCUT2D eigenvalue weighted by molar-refractivity contribution is 5.23. The van der Waals surface area contributed by atoms with Gasteiger partial charge in [0.15, 0.2) is 0 Å². The quantitative estimate of drug-likeness (QED) is 0.873. The van der Waals surface area contributed by atoms with E-state index < -0.39 is 6.43 Å². The lowest BCUT2D eigenvalue weighted by atomic mass is 10.1. The van der Waals surface area contributed by atoms with E-state index in [2.05, 4.69) is 10.4 Å². The molecule has 0 aliphatic carbocycles. The molecule has 0 radical (unpaired) electrons. The fourth-order valence-corrected chi connectivity index (χ4v) is 1.71. The number of hydrogen-bond acceptors (Lipinski definition) is 3. The Morgan fingerprint density at radius 1 is 1.18 bits per heavy atom. The summed E-state index contributed by atoms with van der Waals surface area (Å²) in [6.45, 7) is 3.84. The third-order valence-corrected chi connectivity index (χ3v) is 2.75. The summed E-state index contributed by atoms with van der Waals surface area (Å²) in [6.07, 6.45) is -2.39. The zero-order valence-electron chi connectivity index (χ0n) is 9.53. The summed E-state index contributed by atoms with van der Waals surface area (Å²) >= 11 is 0. The number of hydrazine groups is 1. The molecule has 1 heterocycles. The average Bonchev–Trinajstić information content (AvgIpc) is 2.38. The predicted molar refractivity (Wildman–Crippen MR) is 60.6 cm³/mol. The van der Waals surface area contributed by atoms with E-state index in [4.69, 9.17) is 4.74 Å². The van der Waals surface area contributed by atoms with Gasteiger partial charge in [0.1, 0.15) is 0 Å². The van der Waals surface area contributed by atoms with Gasteiger partial charge in [0, 0.05) is 25.2 Å². The van der Waals surface area contributed by atoms with Gasteiger partial charge in [-0.1, -0.05) is 24.3 Å². The lowest BCUT2D eigenvalue weighted by Crippen LogP contribution is -2.45. The lowest BCUT2D eigenvalue weighted by molar-refractivity contribution is 0.0105. The number of halogens is 2.